The number of amides is 2. The first-order valence-electron chi connectivity index (χ1n) is 9.92. The number of urea groups is 1. The molecule has 2 amide bonds. The Morgan fingerprint density at radius 2 is 1.91 bits per heavy atom. The Labute approximate surface area is 178 Å². The Hall–Kier alpha value is -3.44. The molecular weight excluding hydrogens is 435 g/mol. The fourth-order valence-electron chi connectivity index (χ4n) is 3.89. The molecular formula is C20H17F5N6O. The van der Waals surface area contributed by atoms with Gasteiger partial charge in [-0.2, -0.15) is 4.39 Å². The Morgan fingerprint density at radius 1 is 1.12 bits per heavy atom. The summed E-state index contributed by atoms with van der Waals surface area (Å²) in [6, 6.07) is 2.11. The lowest BCUT2D eigenvalue weighted by Gasteiger charge is -2.26. The normalized spacial score (nSPS) is 24.7. The van der Waals surface area contributed by atoms with Gasteiger partial charge in [0.25, 0.3) is 5.95 Å². The molecule has 1 aliphatic carbocycles. The first-order chi connectivity index (χ1) is 15.3. The van der Waals surface area contributed by atoms with Crippen molar-refractivity contribution >= 4 is 23.2 Å². The van der Waals surface area contributed by atoms with Gasteiger partial charge in [-0.25, -0.2) is 31.9 Å². The Bertz CT molecular complexity index is 1200. The third-order valence-electron chi connectivity index (χ3n) is 5.56. The van der Waals surface area contributed by atoms with Gasteiger partial charge in [0.1, 0.15) is 35.5 Å². The first kappa shape index (κ1) is 20.5. The number of carbonyl (C=O) groups is 1. The summed E-state index contributed by atoms with van der Waals surface area (Å²) in [5.41, 5.74) is -0.442. The highest BCUT2D eigenvalue weighted by Gasteiger charge is 2.39. The number of benzene rings is 1. The highest BCUT2D eigenvalue weighted by atomic mass is 19.1. The number of nitrogens with one attached hydrogen (secondary N) is 2. The molecule has 1 saturated heterocycles. The molecule has 0 radical (unpaired) electrons. The van der Waals surface area contributed by atoms with Crippen LogP contribution in [0.4, 0.5) is 38.3 Å². The fraction of sp³-hybridized carbons (Fsp3) is 0.350. The Balaban J connectivity index is 1.48. The van der Waals surface area contributed by atoms with Crippen LogP contribution in [-0.2, 0) is 0 Å². The van der Waals surface area contributed by atoms with Crippen molar-refractivity contribution in [1.29, 1.82) is 0 Å². The van der Waals surface area contributed by atoms with Crippen LogP contribution in [0.1, 0.15) is 24.4 Å². The summed E-state index contributed by atoms with van der Waals surface area (Å²) in [5, 5.41) is 8.26. The van der Waals surface area contributed by atoms with Gasteiger partial charge in [0.05, 0.1) is 18.6 Å². The third-order valence-corrected chi connectivity index (χ3v) is 5.56. The highest BCUT2D eigenvalue weighted by molar-refractivity contribution is 5.93. The van der Waals surface area contributed by atoms with E-state index in [0.29, 0.717) is 0 Å². The number of nitrogens with zero attached hydrogens (tertiary/aromatic N) is 4. The molecule has 7 nitrogen and oxygen atoms in total. The maximum atomic E-state index is 14.4. The Kier molecular flexibility index (Phi) is 4.86. The summed E-state index contributed by atoms with van der Waals surface area (Å²) in [4.78, 5) is 17.8. The van der Waals surface area contributed by atoms with Crippen LogP contribution in [0.25, 0.3) is 5.65 Å². The topological polar surface area (TPSA) is 74.6 Å². The van der Waals surface area contributed by atoms with Crippen molar-refractivity contribution in [1.82, 2.24) is 19.9 Å². The van der Waals surface area contributed by atoms with Gasteiger partial charge in [-0.3, -0.25) is 0 Å². The number of hydrogen-bond acceptors (Lipinski definition) is 4. The van der Waals surface area contributed by atoms with Crippen LogP contribution < -0.4 is 15.5 Å². The molecule has 5 rings (SSSR count). The van der Waals surface area contributed by atoms with Crippen LogP contribution in [0.15, 0.2) is 30.5 Å². The van der Waals surface area contributed by atoms with E-state index in [2.05, 4.69) is 20.7 Å². The molecule has 0 unspecified atom stereocenters. The first-order valence-corrected chi connectivity index (χ1v) is 9.92. The molecule has 32 heavy (non-hydrogen) atoms. The van der Waals surface area contributed by atoms with E-state index in [9.17, 15) is 26.7 Å². The van der Waals surface area contributed by atoms with Crippen LogP contribution in [0.2, 0.25) is 0 Å². The molecule has 168 valence electrons. The molecule has 2 aromatic heterocycles. The molecule has 2 N–H and O–H groups in total. The summed E-state index contributed by atoms with van der Waals surface area (Å²) >= 11 is 0. The van der Waals surface area contributed by atoms with E-state index in [4.69, 9.17) is 0 Å². The maximum Gasteiger partial charge on any atom is 0.319 e. The third kappa shape index (κ3) is 3.69. The highest BCUT2D eigenvalue weighted by Crippen LogP contribution is 2.38. The van der Waals surface area contributed by atoms with Gasteiger partial charge >= 0.3 is 6.03 Å². The quantitative estimate of drug-likeness (QED) is 0.593. The average molecular weight is 452 g/mol. The van der Waals surface area contributed by atoms with Crippen molar-refractivity contribution in [3.05, 3.63) is 53.6 Å². The van der Waals surface area contributed by atoms with Crippen LogP contribution in [-0.4, -0.2) is 45.6 Å². The summed E-state index contributed by atoms with van der Waals surface area (Å²) < 4.78 is 70.8. The molecule has 2 aliphatic rings. The lowest BCUT2D eigenvalue weighted by molar-refractivity contribution is 0.250. The lowest BCUT2D eigenvalue weighted by atomic mass is 10.0. The number of rotatable bonds is 4. The van der Waals surface area contributed by atoms with Gasteiger partial charge in [0, 0.05) is 24.6 Å². The second-order valence-electron chi connectivity index (χ2n) is 7.84. The average Bonchev–Trinajstić information content (AvgIpc) is 3.15. The second-order valence-corrected chi connectivity index (χ2v) is 7.84. The van der Waals surface area contributed by atoms with Crippen LogP contribution in [0.5, 0.6) is 0 Å². The molecule has 0 bridgehead atoms. The van der Waals surface area contributed by atoms with E-state index < -0.39 is 48.0 Å². The van der Waals surface area contributed by atoms with E-state index in [1.54, 1.807) is 0 Å². The van der Waals surface area contributed by atoms with E-state index in [0.717, 1.165) is 22.7 Å². The van der Waals surface area contributed by atoms with Gasteiger partial charge < -0.3 is 15.5 Å². The minimum absolute atomic E-state index is 0.0190. The van der Waals surface area contributed by atoms with E-state index in [-0.39, 0.29) is 42.1 Å². The van der Waals surface area contributed by atoms with Crippen molar-refractivity contribution in [2.24, 2.45) is 0 Å². The van der Waals surface area contributed by atoms with Crippen molar-refractivity contribution in [3.63, 3.8) is 0 Å². The van der Waals surface area contributed by atoms with E-state index in [1.807, 2.05) is 0 Å². The van der Waals surface area contributed by atoms with Crippen LogP contribution in [0.3, 0.4) is 0 Å². The number of halogens is 5. The van der Waals surface area contributed by atoms with Crippen molar-refractivity contribution in [2.45, 2.75) is 37.3 Å². The minimum Gasteiger partial charge on any atom is -0.346 e. The van der Waals surface area contributed by atoms with Crippen molar-refractivity contribution in [3.8, 4) is 0 Å². The molecule has 3 aromatic rings. The zero-order valence-corrected chi connectivity index (χ0v) is 16.4. The minimum atomic E-state index is -1.32. The van der Waals surface area contributed by atoms with Gasteiger partial charge in [-0.15, -0.1) is 5.10 Å². The van der Waals surface area contributed by atoms with Gasteiger partial charge in [-0.1, -0.05) is 0 Å². The van der Waals surface area contributed by atoms with Gasteiger partial charge in [0.15, 0.2) is 5.65 Å². The van der Waals surface area contributed by atoms with Crippen molar-refractivity contribution < 1.29 is 26.7 Å². The zero-order chi connectivity index (χ0) is 22.6. The molecule has 1 aliphatic heterocycles. The molecule has 3 heterocycles. The molecule has 1 aromatic carbocycles. The predicted molar refractivity (Wildman–Crippen MR) is 104 cm³/mol. The molecule has 2 fully saturated rings. The number of alkyl halides is 2. The summed E-state index contributed by atoms with van der Waals surface area (Å²) in [5.74, 6) is -2.19. The largest absolute Gasteiger partial charge is 0.346 e. The number of hydrogen-bond donors (Lipinski definition) is 2. The van der Waals surface area contributed by atoms with Crippen LogP contribution >= 0.6 is 0 Å². The maximum absolute atomic E-state index is 14.4. The second kappa shape index (κ2) is 7.61. The van der Waals surface area contributed by atoms with Crippen molar-refractivity contribution in [2.75, 3.05) is 16.8 Å². The fourth-order valence-corrected chi connectivity index (χ4v) is 3.89. The van der Waals surface area contributed by atoms with Crippen LogP contribution in [0, 0.1) is 17.6 Å². The van der Waals surface area contributed by atoms with E-state index >= 15 is 0 Å². The number of aromatic nitrogens is 3. The number of anilines is 2. The number of carbonyl (C=O) groups excluding carboxylic acids is 1. The molecule has 0 spiro atoms. The van der Waals surface area contributed by atoms with E-state index in [1.165, 1.54) is 17.2 Å². The molecule has 1 saturated carbocycles. The lowest BCUT2D eigenvalue weighted by Crippen LogP contribution is -2.32. The van der Waals surface area contributed by atoms with Gasteiger partial charge in [0.2, 0.25) is 0 Å². The molecule has 12 heteroatoms. The Morgan fingerprint density at radius 3 is 2.66 bits per heavy atom. The zero-order valence-electron chi connectivity index (χ0n) is 16.4. The SMILES string of the molecule is O=C(Nc1c(F)nn2ccc(N3C[C@@H](F)C[C@@H]3c3cc(F)ccc3F)nc12)N[C@H]1C[C@H]1F. The monoisotopic (exact) mass is 452 g/mol. The predicted octanol–water partition coefficient (Wildman–Crippen LogP) is 3.67. The van der Waals surface area contributed by atoms with Gasteiger partial charge in [-0.05, 0) is 24.3 Å². The molecule has 4 atom stereocenters. The smallest absolute Gasteiger partial charge is 0.319 e. The number of fused-ring (bicyclic) bond motifs is 1. The summed E-state index contributed by atoms with van der Waals surface area (Å²) in [6.07, 6.45) is -1.00. The summed E-state index contributed by atoms with van der Waals surface area (Å²) in [7, 11) is 0. The summed E-state index contributed by atoms with van der Waals surface area (Å²) in [6.45, 7) is -0.136. The standard InChI is InChI=1S/C20H17F5N6O/c21-9-1-2-12(23)11(5-9)15-6-10(22)8-30(15)16-3-4-31-19(27-16)17(18(25)29-31)28-20(32)26-14-7-13(14)24/h1-5,10,13-15H,6-8H2,(H2,26,28,32)/t10-,13+,14-,15+/m0/s1.